The predicted molar refractivity (Wildman–Crippen MR) is 58.7 cm³/mol. The summed E-state index contributed by atoms with van der Waals surface area (Å²) in [7, 11) is 0. The molecule has 4 nitrogen and oxygen atoms in total. The summed E-state index contributed by atoms with van der Waals surface area (Å²) in [5.74, 6) is -1.48. The molecule has 2 heterocycles. The van der Waals surface area contributed by atoms with Gasteiger partial charge in [-0.3, -0.25) is 4.79 Å². The normalized spacial score (nSPS) is 10.1. The van der Waals surface area contributed by atoms with Crippen molar-refractivity contribution in [3.8, 4) is 0 Å². The number of halogens is 3. The van der Waals surface area contributed by atoms with E-state index in [9.17, 15) is 9.18 Å². The Labute approximate surface area is 101 Å². The topological polar surface area (TPSA) is 54.6 Å². The van der Waals surface area contributed by atoms with E-state index < -0.39 is 11.8 Å². The minimum absolute atomic E-state index is 0. The van der Waals surface area contributed by atoms with Gasteiger partial charge in [0, 0.05) is 12.4 Å². The van der Waals surface area contributed by atoms with Gasteiger partial charge in [-0.2, -0.15) is 0 Å². The zero-order chi connectivity index (χ0) is 11.0. The van der Waals surface area contributed by atoms with E-state index in [1.165, 1.54) is 16.8 Å². The first kappa shape index (κ1) is 12.7. The van der Waals surface area contributed by atoms with Crippen molar-refractivity contribution >= 4 is 35.6 Å². The molecule has 1 N–H and O–H groups in total. The maximum absolute atomic E-state index is 12.9. The van der Waals surface area contributed by atoms with Gasteiger partial charge < -0.3 is 9.51 Å². The standard InChI is InChI=1S/C9H6ClFN2O2.ClH/c10-7-1-5(11)3-13-4-6(2-8(14)15)12-9(7)13;/h1,3-4H,2H2,(H,14,15);1H. The summed E-state index contributed by atoms with van der Waals surface area (Å²) in [5, 5.41) is 8.72. The van der Waals surface area contributed by atoms with Crippen molar-refractivity contribution in [1.82, 2.24) is 9.38 Å². The summed E-state index contributed by atoms with van der Waals surface area (Å²) in [4.78, 5) is 14.4. The maximum atomic E-state index is 12.9. The molecule has 0 unspecified atom stereocenters. The van der Waals surface area contributed by atoms with Gasteiger partial charge in [0.05, 0.1) is 17.1 Å². The zero-order valence-corrected chi connectivity index (χ0v) is 9.43. The summed E-state index contributed by atoms with van der Waals surface area (Å²) in [6, 6.07) is 1.13. The summed E-state index contributed by atoms with van der Waals surface area (Å²) in [5.41, 5.74) is 0.698. The van der Waals surface area contributed by atoms with Gasteiger partial charge in [0.2, 0.25) is 0 Å². The molecular weight excluding hydrogens is 258 g/mol. The molecule has 0 atom stereocenters. The second-order valence-electron chi connectivity index (χ2n) is 3.04. The number of carboxylic acids is 1. The summed E-state index contributed by atoms with van der Waals surface area (Å²) < 4.78 is 14.3. The van der Waals surface area contributed by atoms with Crippen molar-refractivity contribution in [2.45, 2.75) is 6.42 Å². The minimum Gasteiger partial charge on any atom is -0.481 e. The second kappa shape index (κ2) is 4.67. The van der Waals surface area contributed by atoms with Gasteiger partial charge in [0.1, 0.15) is 5.82 Å². The number of imidazole rings is 1. The van der Waals surface area contributed by atoms with Gasteiger partial charge >= 0.3 is 5.97 Å². The number of nitrogens with zero attached hydrogens (tertiary/aromatic N) is 2. The molecule has 0 spiro atoms. The van der Waals surface area contributed by atoms with Crippen molar-refractivity contribution in [1.29, 1.82) is 0 Å². The quantitative estimate of drug-likeness (QED) is 0.905. The van der Waals surface area contributed by atoms with Crippen LogP contribution in [0.4, 0.5) is 4.39 Å². The van der Waals surface area contributed by atoms with Gasteiger partial charge in [-0.1, -0.05) is 11.6 Å². The van der Waals surface area contributed by atoms with E-state index in [0.717, 1.165) is 6.07 Å². The third-order valence-electron chi connectivity index (χ3n) is 1.86. The Hall–Kier alpha value is -1.33. The van der Waals surface area contributed by atoms with Crippen LogP contribution in [-0.4, -0.2) is 20.5 Å². The van der Waals surface area contributed by atoms with Crippen LogP contribution in [0.3, 0.4) is 0 Å². The van der Waals surface area contributed by atoms with Crippen molar-refractivity contribution in [3.63, 3.8) is 0 Å². The number of aromatic nitrogens is 2. The third-order valence-corrected chi connectivity index (χ3v) is 2.13. The van der Waals surface area contributed by atoms with Crippen LogP contribution in [0.1, 0.15) is 5.69 Å². The smallest absolute Gasteiger partial charge is 0.309 e. The molecule has 0 saturated carbocycles. The number of hydrogen-bond donors (Lipinski definition) is 1. The monoisotopic (exact) mass is 264 g/mol. The Balaban J connectivity index is 0.00000128. The SMILES string of the molecule is Cl.O=C(O)Cc1cn2cc(F)cc(Cl)c2n1. The molecule has 0 fully saturated rings. The molecule has 2 aromatic rings. The largest absolute Gasteiger partial charge is 0.481 e. The minimum atomic E-state index is -0.991. The molecule has 16 heavy (non-hydrogen) atoms. The summed E-state index contributed by atoms with van der Waals surface area (Å²) in [6.07, 6.45) is 2.43. The molecule has 0 aromatic carbocycles. The van der Waals surface area contributed by atoms with Crippen LogP contribution >= 0.6 is 24.0 Å². The lowest BCUT2D eigenvalue weighted by Gasteiger charge is -1.94. The highest BCUT2D eigenvalue weighted by Gasteiger charge is 2.09. The fraction of sp³-hybridized carbons (Fsp3) is 0.111. The average molecular weight is 265 g/mol. The first-order valence-electron chi connectivity index (χ1n) is 4.10. The Bertz CT molecular complexity index is 542. The molecule has 86 valence electrons. The number of hydrogen-bond acceptors (Lipinski definition) is 2. The Morgan fingerprint density at radius 1 is 1.56 bits per heavy atom. The highest BCUT2D eigenvalue weighted by molar-refractivity contribution is 6.33. The van der Waals surface area contributed by atoms with Crippen LogP contribution in [0, 0.1) is 5.82 Å². The van der Waals surface area contributed by atoms with E-state index >= 15 is 0 Å². The molecule has 2 aromatic heterocycles. The number of aliphatic carboxylic acids is 1. The van der Waals surface area contributed by atoms with Crippen molar-refractivity contribution in [3.05, 3.63) is 35.0 Å². The predicted octanol–water partition coefficient (Wildman–Crippen LogP) is 2.18. The van der Waals surface area contributed by atoms with Crippen LogP contribution in [0.5, 0.6) is 0 Å². The second-order valence-corrected chi connectivity index (χ2v) is 3.45. The van der Waals surface area contributed by atoms with E-state index in [-0.39, 0.29) is 23.9 Å². The van der Waals surface area contributed by atoms with Crippen molar-refractivity contribution < 1.29 is 14.3 Å². The Morgan fingerprint density at radius 3 is 2.88 bits per heavy atom. The molecule has 0 aliphatic rings. The average Bonchev–Trinajstić information content (AvgIpc) is 2.45. The molecule has 0 radical (unpaired) electrons. The van der Waals surface area contributed by atoms with Crippen molar-refractivity contribution in [2.24, 2.45) is 0 Å². The fourth-order valence-corrected chi connectivity index (χ4v) is 1.56. The molecule has 0 aliphatic carbocycles. The van der Waals surface area contributed by atoms with E-state index in [2.05, 4.69) is 4.98 Å². The molecule has 0 amide bonds. The lowest BCUT2D eigenvalue weighted by molar-refractivity contribution is -0.136. The summed E-state index contributed by atoms with van der Waals surface area (Å²) >= 11 is 5.74. The number of fused-ring (bicyclic) bond motifs is 1. The highest BCUT2D eigenvalue weighted by Crippen LogP contribution is 2.18. The Kier molecular flexibility index (Phi) is 3.72. The fourth-order valence-electron chi connectivity index (χ4n) is 1.32. The highest BCUT2D eigenvalue weighted by atomic mass is 35.5. The van der Waals surface area contributed by atoms with Gasteiger partial charge in [-0.05, 0) is 6.07 Å². The van der Waals surface area contributed by atoms with Gasteiger partial charge in [0.25, 0.3) is 0 Å². The van der Waals surface area contributed by atoms with Crippen LogP contribution in [0.2, 0.25) is 5.02 Å². The van der Waals surface area contributed by atoms with Crippen LogP contribution in [0.15, 0.2) is 18.5 Å². The van der Waals surface area contributed by atoms with E-state index in [1.54, 1.807) is 0 Å². The number of carbonyl (C=O) groups is 1. The Morgan fingerprint density at radius 2 is 2.25 bits per heavy atom. The molecule has 2 rings (SSSR count). The van der Waals surface area contributed by atoms with E-state index in [0.29, 0.717) is 11.3 Å². The number of carboxylic acid groups (broad SMARTS) is 1. The molecule has 7 heteroatoms. The van der Waals surface area contributed by atoms with Crippen molar-refractivity contribution in [2.75, 3.05) is 0 Å². The van der Waals surface area contributed by atoms with Gasteiger partial charge in [0.15, 0.2) is 5.65 Å². The van der Waals surface area contributed by atoms with Crippen LogP contribution in [-0.2, 0) is 11.2 Å². The van der Waals surface area contributed by atoms with Gasteiger partial charge in [-0.15, -0.1) is 12.4 Å². The lowest BCUT2D eigenvalue weighted by Crippen LogP contribution is -1.99. The first-order valence-corrected chi connectivity index (χ1v) is 4.48. The third kappa shape index (κ3) is 2.43. The molecule has 0 bridgehead atoms. The van der Waals surface area contributed by atoms with E-state index in [4.69, 9.17) is 16.7 Å². The lowest BCUT2D eigenvalue weighted by atomic mass is 10.3. The molecule has 0 aliphatic heterocycles. The molecule has 0 saturated heterocycles. The van der Waals surface area contributed by atoms with Crippen LogP contribution in [0.25, 0.3) is 5.65 Å². The van der Waals surface area contributed by atoms with Crippen LogP contribution < -0.4 is 0 Å². The maximum Gasteiger partial charge on any atom is 0.309 e. The zero-order valence-electron chi connectivity index (χ0n) is 7.85. The van der Waals surface area contributed by atoms with Gasteiger partial charge in [-0.25, -0.2) is 9.37 Å². The molecular formula is C9H7Cl2FN2O2. The number of pyridine rings is 1. The van der Waals surface area contributed by atoms with E-state index in [1.807, 2.05) is 0 Å². The summed E-state index contributed by atoms with van der Waals surface area (Å²) in [6.45, 7) is 0. The number of rotatable bonds is 2. The first-order chi connectivity index (χ1) is 7.06.